The number of methoxy groups -OCH3 is 1. The number of Topliss-reactive ketones (excluding diaryl/α,β-unsaturated/α-hetero) is 1. The Balaban J connectivity index is 2.29. The number of ether oxygens (including phenoxy) is 1. The Hall–Kier alpha value is -3.66. The number of hydrogen-bond acceptors (Lipinski definition) is 5. The topological polar surface area (TPSA) is 81.5 Å². The molecule has 0 saturated carbocycles. The molecule has 0 unspecified atom stereocenters. The van der Waals surface area contributed by atoms with Gasteiger partial charge in [0.25, 0.3) is 5.91 Å². The summed E-state index contributed by atoms with van der Waals surface area (Å²) < 4.78 is 6.94. The van der Waals surface area contributed by atoms with Gasteiger partial charge >= 0.3 is 0 Å². The van der Waals surface area contributed by atoms with Gasteiger partial charge in [0.1, 0.15) is 17.2 Å². The quantitative estimate of drug-likeness (QED) is 0.567. The Morgan fingerprint density at radius 3 is 2.55 bits per heavy atom. The second-order valence-electron chi connectivity index (χ2n) is 7.66. The lowest BCUT2D eigenvalue weighted by atomic mass is 10.1. The van der Waals surface area contributed by atoms with Gasteiger partial charge in [0.15, 0.2) is 5.82 Å². The third-order valence-corrected chi connectivity index (χ3v) is 5.22. The van der Waals surface area contributed by atoms with Crippen molar-refractivity contribution >= 4 is 17.6 Å². The summed E-state index contributed by atoms with van der Waals surface area (Å²) in [6.07, 6.45) is 4.37. The summed E-state index contributed by atoms with van der Waals surface area (Å²) in [4.78, 5) is 43.0. The van der Waals surface area contributed by atoms with Crippen LogP contribution in [0, 0.1) is 25.7 Å². The first-order valence-corrected chi connectivity index (χ1v) is 10.9. The van der Waals surface area contributed by atoms with Crippen LogP contribution in [-0.4, -0.2) is 39.2 Å². The summed E-state index contributed by atoms with van der Waals surface area (Å²) in [5.74, 6) is 6.48. The molecule has 1 heterocycles. The van der Waals surface area contributed by atoms with E-state index in [1.54, 1.807) is 45.6 Å². The molecule has 7 heteroatoms. The minimum atomic E-state index is -0.475. The minimum Gasteiger partial charge on any atom is -0.496 e. The van der Waals surface area contributed by atoms with E-state index in [1.807, 2.05) is 25.1 Å². The highest BCUT2D eigenvalue weighted by molar-refractivity contribution is 6.05. The number of hydrogen-bond donors (Lipinski definition) is 0. The smallest absolute Gasteiger partial charge is 0.283 e. The number of carbonyl (C=O) groups excluding carboxylic acids is 3. The first kappa shape index (κ1) is 25.6. The van der Waals surface area contributed by atoms with Gasteiger partial charge in [0, 0.05) is 38.1 Å². The van der Waals surface area contributed by atoms with Gasteiger partial charge in [-0.3, -0.25) is 19.3 Å². The van der Waals surface area contributed by atoms with Crippen molar-refractivity contribution in [3.05, 3.63) is 58.8 Å². The number of allylic oxidation sites excluding steroid dienone is 1. The van der Waals surface area contributed by atoms with Crippen molar-refractivity contribution in [2.45, 2.75) is 53.4 Å². The van der Waals surface area contributed by atoms with Crippen molar-refractivity contribution < 1.29 is 19.1 Å². The Morgan fingerprint density at radius 1 is 1.18 bits per heavy atom. The van der Waals surface area contributed by atoms with Crippen molar-refractivity contribution in [3.63, 3.8) is 0 Å². The van der Waals surface area contributed by atoms with E-state index >= 15 is 0 Å². The third-order valence-electron chi connectivity index (χ3n) is 5.22. The van der Waals surface area contributed by atoms with Gasteiger partial charge in [0.05, 0.1) is 12.8 Å². The monoisotopic (exact) mass is 449 g/mol. The maximum atomic E-state index is 13.2. The van der Waals surface area contributed by atoms with Crippen LogP contribution < -0.4 is 4.74 Å². The zero-order valence-corrected chi connectivity index (χ0v) is 20.2. The molecule has 0 radical (unpaired) electrons. The Bertz CT molecular complexity index is 1130. The summed E-state index contributed by atoms with van der Waals surface area (Å²) >= 11 is 0. The van der Waals surface area contributed by atoms with Crippen LogP contribution in [0.15, 0.2) is 30.5 Å². The predicted molar refractivity (Wildman–Crippen MR) is 127 cm³/mol. The van der Waals surface area contributed by atoms with Gasteiger partial charge in [-0.05, 0) is 50.8 Å². The van der Waals surface area contributed by atoms with Crippen molar-refractivity contribution in [1.82, 2.24) is 14.5 Å². The zero-order chi connectivity index (χ0) is 24.5. The van der Waals surface area contributed by atoms with Crippen LogP contribution in [0.2, 0.25) is 0 Å². The summed E-state index contributed by atoms with van der Waals surface area (Å²) in [5, 5.41) is 0. The van der Waals surface area contributed by atoms with Crippen LogP contribution in [0.25, 0.3) is 0 Å². The average Bonchev–Trinajstić information content (AvgIpc) is 3.08. The molecule has 0 atom stereocenters. The Morgan fingerprint density at radius 2 is 1.91 bits per heavy atom. The van der Waals surface area contributed by atoms with Crippen LogP contribution in [0.4, 0.5) is 0 Å². The predicted octanol–water partition coefficient (Wildman–Crippen LogP) is 4.10. The summed E-state index contributed by atoms with van der Waals surface area (Å²) in [7, 11) is 3.31. The van der Waals surface area contributed by atoms with Gasteiger partial charge in [-0.25, -0.2) is 4.98 Å². The maximum Gasteiger partial charge on any atom is 0.283 e. The van der Waals surface area contributed by atoms with E-state index in [2.05, 4.69) is 16.8 Å². The molecule has 0 aliphatic carbocycles. The van der Waals surface area contributed by atoms with Gasteiger partial charge in [-0.15, -0.1) is 0 Å². The maximum absolute atomic E-state index is 13.2. The van der Waals surface area contributed by atoms with E-state index in [4.69, 9.17) is 4.74 Å². The van der Waals surface area contributed by atoms with Crippen molar-refractivity contribution in [1.29, 1.82) is 0 Å². The molecule has 0 fully saturated rings. The minimum absolute atomic E-state index is 0.101. The number of rotatable bonds is 8. The molecule has 1 aromatic carbocycles. The second-order valence-corrected chi connectivity index (χ2v) is 7.66. The van der Waals surface area contributed by atoms with Crippen molar-refractivity contribution in [3.8, 4) is 17.6 Å². The van der Waals surface area contributed by atoms with Gasteiger partial charge in [-0.2, -0.15) is 0 Å². The van der Waals surface area contributed by atoms with Crippen molar-refractivity contribution in [2.75, 3.05) is 7.11 Å². The molecule has 0 N–H and O–H groups in total. The largest absolute Gasteiger partial charge is 0.496 e. The average molecular weight is 450 g/mol. The van der Waals surface area contributed by atoms with Gasteiger partial charge in [-0.1, -0.05) is 25.0 Å². The number of imidazole rings is 1. The Labute approximate surface area is 195 Å². The third kappa shape index (κ3) is 6.42. The van der Waals surface area contributed by atoms with Crippen LogP contribution in [0.1, 0.15) is 72.7 Å². The molecule has 0 spiro atoms. The van der Waals surface area contributed by atoms with E-state index in [1.165, 1.54) is 6.20 Å². The van der Waals surface area contributed by atoms with Crippen molar-refractivity contribution in [2.24, 2.45) is 7.05 Å². The lowest BCUT2D eigenvalue weighted by Gasteiger charge is -2.17. The number of carbonyl (C=O) groups is 3. The fraction of sp³-hybridized carbons (Fsp3) is 0.385. The lowest BCUT2D eigenvalue weighted by Crippen LogP contribution is -2.34. The molecule has 174 valence electrons. The van der Waals surface area contributed by atoms with Gasteiger partial charge in [0.2, 0.25) is 5.91 Å². The second kappa shape index (κ2) is 11.8. The van der Waals surface area contributed by atoms with Crippen LogP contribution >= 0.6 is 0 Å². The number of ketones is 1. The molecular formula is C26H31N3O4. The van der Waals surface area contributed by atoms with E-state index < -0.39 is 5.91 Å². The molecule has 2 aromatic rings. The number of imide groups is 1. The lowest BCUT2D eigenvalue weighted by molar-refractivity contribution is -0.126. The highest BCUT2D eigenvalue weighted by Gasteiger charge is 2.26. The number of benzene rings is 1. The first-order valence-electron chi connectivity index (χ1n) is 10.9. The molecule has 2 amide bonds. The van der Waals surface area contributed by atoms with E-state index in [-0.39, 0.29) is 23.8 Å². The fourth-order valence-electron chi connectivity index (χ4n) is 3.33. The first-order chi connectivity index (χ1) is 15.7. The molecule has 2 rings (SSSR count). The molecule has 0 aliphatic heterocycles. The molecule has 33 heavy (non-hydrogen) atoms. The van der Waals surface area contributed by atoms with Gasteiger partial charge < -0.3 is 9.30 Å². The normalized spacial score (nSPS) is 10.6. The zero-order valence-electron chi connectivity index (χ0n) is 20.2. The van der Waals surface area contributed by atoms with Crippen LogP contribution in [0.3, 0.4) is 0 Å². The van der Waals surface area contributed by atoms with Crippen LogP contribution in [-0.2, 0) is 16.6 Å². The molecule has 0 saturated heterocycles. The molecule has 7 nitrogen and oxygen atoms in total. The highest BCUT2D eigenvalue weighted by atomic mass is 16.5. The highest BCUT2D eigenvalue weighted by Crippen LogP contribution is 2.19. The number of nitrogens with zero attached hydrogens (tertiary/aromatic N) is 3. The van der Waals surface area contributed by atoms with E-state index in [0.29, 0.717) is 30.8 Å². The number of aryl methyl sites for hydroxylation is 2. The van der Waals surface area contributed by atoms with E-state index in [0.717, 1.165) is 21.8 Å². The standard InChI is InChI=1S/C26H31N3O4/c1-7-16-29(24(31)11-9-10-21(30)8-2)26(32)25-19(4)27-23(28(25)5)15-14-20-13-12-18(3)22(17-20)33-6/h7,12-13,16-17H,8-11H2,1-6H3/b16-7+. The SMILES string of the molecule is C/C=C/N(C(=O)CCCC(=O)CC)C(=O)c1c(C)nc(C#Cc2ccc(C)c(OC)c2)n1C. The fourth-order valence-corrected chi connectivity index (χ4v) is 3.33. The van der Waals surface area contributed by atoms with Crippen LogP contribution in [0.5, 0.6) is 5.75 Å². The number of aromatic nitrogens is 2. The molecular weight excluding hydrogens is 418 g/mol. The summed E-state index contributed by atoms with van der Waals surface area (Å²) in [6, 6.07) is 5.67. The Kier molecular flexibility index (Phi) is 9.17. The summed E-state index contributed by atoms with van der Waals surface area (Å²) in [6.45, 7) is 7.19. The molecule has 1 aromatic heterocycles. The summed E-state index contributed by atoms with van der Waals surface area (Å²) in [5.41, 5.74) is 2.54. The molecule has 0 aliphatic rings. The molecule has 0 bridgehead atoms. The van der Waals surface area contributed by atoms with E-state index in [9.17, 15) is 14.4 Å². The number of amides is 2.